The molecule has 12 heavy (non-hydrogen) atoms. The fourth-order valence-corrected chi connectivity index (χ4v) is 1.88. The summed E-state index contributed by atoms with van der Waals surface area (Å²) in [4.78, 5) is 11.4. The molecule has 1 aliphatic heterocycles. The van der Waals surface area contributed by atoms with Gasteiger partial charge in [-0.15, -0.1) is 0 Å². The van der Waals surface area contributed by atoms with Crippen LogP contribution in [-0.2, 0) is 9.53 Å². The van der Waals surface area contributed by atoms with Crippen LogP contribution in [0.2, 0.25) is 0 Å². The summed E-state index contributed by atoms with van der Waals surface area (Å²) in [5.41, 5.74) is 1.04. The number of carbonyl (C=O) groups excluding carboxylic acids is 1. The third-order valence-electron chi connectivity index (χ3n) is 1.56. The Labute approximate surface area is 77.4 Å². The van der Waals surface area contributed by atoms with E-state index in [2.05, 4.69) is 0 Å². The number of hydrogen-bond acceptors (Lipinski definition) is 3. The van der Waals surface area contributed by atoms with Gasteiger partial charge >= 0.3 is 0 Å². The van der Waals surface area contributed by atoms with Crippen molar-refractivity contribution >= 4 is 17.5 Å². The lowest BCUT2D eigenvalue weighted by Crippen LogP contribution is -2.30. The largest absolute Gasteiger partial charge is 0.368 e. The van der Waals surface area contributed by atoms with E-state index in [9.17, 15) is 4.79 Å². The number of allylic oxidation sites excluding steroid dienone is 1. The van der Waals surface area contributed by atoms with E-state index in [1.54, 1.807) is 17.8 Å². The van der Waals surface area contributed by atoms with Gasteiger partial charge in [-0.2, -0.15) is 11.8 Å². The van der Waals surface area contributed by atoms with Gasteiger partial charge in [-0.3, -0.25) is 4.79 Å². The molecular formula is C9H14O2S. The molecule has 1 heterocycles. The smallest absolute Gasteiger partial charge is 0.185 e. The standard InChI is InChI=1S/C9H14O2S/c1-7(2)5-8(10)9-6-12-4-3-11-9/h5,9H,3-4,6H2,1-2H3. The molecule has 1 saturated heterocycles. The molecule has 0 saturated carbocycles. The molecule has 1 atom stereocenters. The fraction of sp³-hybridized carbons (Fsp3) is 0.667. The number of thioether (sulfide) groups is 1. The molecular weight excluding hydrogens is 172 g/mol. The molecule has 1 fully saturated rings. The SMILES string of the molecule is CC(C)=CC(=O)C1CSCCO1. The van der Waals surface area contributed by atoms with Crippen LogP contribution in [0, 0.1) is 0 Å². The van der Waals surface area contributed by atoms with Gasteiger partial charge in [0.05, 0.1) is 6.61 Å². The highest BCUT2D eigenvalue weighted by atomic mass is 32.2. The second kappa shape index (κ2) is 4.67. The summed E-state index contributed by atoms with van der Waals surface area (Å²) in [5.74, 6) is 1.93. The lowest BCUT2D eigenvalue weighted by molar-refractivity contribution is -0.124. The minimum absolute atomic E-state index is 0.113. The summed E-state index contributed by atoms with van der Waals surface area (Å²) < 4.78 is 5.33. The van der Waals surface area contributed by atoms with Gasteiger partial charge in [-0.05, 0) is 19.9 Å². The molecule has 0 aromatic rings. The Morgan fingerprint density at radius 1 is 1.58 bits per heavy atom. The predicted octanol–water partition coefficient (Wildman–Crippen LogP) is 1.65. The molecule has 0 aromatic heterocycles. The second-order valence-electron chi connectivity index (χ2n) is 3.06. The molecule has 0 aromatic carbocycles. The van der Waals surface area contributed by atoms with Crippen LogP contribution in [-0.4, -0.2) is 30.0 Å². The van der Waals surface area contributed by atoms with Crippen molar-refractivity contribution in [3.05, 3.63) is 11.6 Å². The normalized spacial score (nSPS) is 23.3. The average Bonchev–Trinajstić information content (AvgIpc) is 2.05. The summed E-state index contributed by atoms with van der Waals surface area (Å²) in [5, 5.41) is 0. The molecule has 1 rings (SSSR count). The molecule has 3 heteroatoms. The van der Waals surface area contributed by atoms with Gasteiger partial charge < -0.3 is 4.74 Å². The molecule has 0 N–H and O–H groups in total. The van der Waals surface area contributed by atoms with Crippen molar-refractivity contribution in [2.24, 2.45) is 0 Å². The van der Waals surface area contributed by atoms with Gasteiger partial charge in [-0.1, -0.05) is 5.57 Å². The maximum atomic E-state index is 11.4. The van der Waals surface area contributed by atoms with Crippen molar-refractivity contribution in [2.45, 2.75) is 20.0 Å². The van der Waals surface area contributed by atoms with Crippen LogP contribution in [0.4, 0.5) is 0 Å². The Hall–Kier alpha value is -0.280. The van der Waals surface area contributed by atoms with E-state index in [0.717, 1.165) is 17.1 Å². The molecule has 0 bridgehead atoms. The first-order chi connectivity index (χ1) is 5.70. The summed E-state index contributed by atoms with van der Waals surface area (Å²) in [6.07, 6.45) is 1.47. The van der Waals surface area contributed by atoms with E-state index in [1.165, 1.54) is 0 Å². The first-order valence-electron chi connectivity index (χ1n) is 4.08. The Morgan fingerprint density at radius 2 is 2.33 bits per heavy atom. The number of carbonyl (C=O) groups is 1. The Balaban J connectivity index is 2.45. The molecule has 2 nitrogen and oxygen atoms in total. The summed E-state index contributed by atoms with van der Waals surface area (Å²) in [6, 6.07) is 0. The molecule has 1 aliphatic rings. The second-order valence-corrected chi connectivity index (χ2v) is 4.21. The van der Waals surface area contributed by atoms with E-state index in [0.29, 0.717) is 6.61 Å². The van der Waals surface area contributed by atoms with Crippen LogP contribution >= 0.6 is 11.8 Å². The van der Waals surface area contributed by atoms with Crippen LogP contribution in [0.25, 0.3) is 0 Å². The first kappa shape index (κ1) is 9.81. The maximum absolute atomic E-state index is 11.4. The first-order valence-corrected chi connectivity index (χ1v) is 5.23. The maximum Gasteiger partial charge on any atom is 0.185 e. The lowest BCUT2D eigenvalue weighted by Gasteiger charge is -2.19. The Bertz CT molecular complexity index is 189. The molecule has 0 spiro atoms. The van der Waals surface area contributed by atoms with Crippen LogP contribution in [0.5, 0.6) is 0 Å². The monoisotopic (exact) mass is 186 g/mol. The fourth-order valence-electron chi connectivity index (χ4n) is 1.03. The van der Waals surface area contributed by atoms with Crippen LogP contribution in [0.3, 0.4) is 0 Å². The van der Waals surface area contributed by atoms with Crippen molar-refractivity contribution in [2.75, 3.05) is 18.1 Å². The highest BCUT2D eigenvalue weighted by Crippen LogP contribution is 2.13. The summed E-state index contributed by atoms with van der Waals surface area (Å²) >= 11 is 1.78. The molecule has 68 valence electrons. The number of hydrogen-bond donors (Lipinski definition) is 0. The topological polar surface area (TPSA) is 26.3 Å². The summed E-state index contributed by atoms with van der Waals surface area (Å²) in [7, 11) is 0. The Kier molecular flexibility index (Phi) is 3.82. The molecule has 0 aliphatic carbocycles. The Morgan fingerprint density at radius 3 is 2.83 bits per heavy atom. The van der Waals surface area contributed by atoms with Crippen LogP contribution in [0.1, 0.15) is 13.8 Å². The van der Waals surface area contributed by atoms with E-state index >= 15 is 0 Å². The predicted molar refractivity (Wildman–Crippen MR) is 51.5 cm³/mol. The number of ether oxygens (including phenoxy) is 1. The zero-order valence-electron chi connectivity index (χ0n) is 7.50. The van der Waals surface area contributed by atoms with Gasteiger partial charge in [0.15, 0.2) is 5.78 Å². The average molecular weight is 186 g/mol. The number of ketones is 1. The third kappa shape index (κ3) is 2.99. The van der Waals surface area contributed by atoms with Gasteiger partial charge in [0.1, 0.15) is 6.10 Å². The van der Waals surface area contributed by atoms with Crippen LogP contribution in [0.15, 0.2) is 11.6 Å². The summed E-state index contributed by atoms with van der Waals surface area (Å²) in [6.45, 7) is 4.55. The van der Waals surface area contributed by atoms with Crippen LogP contribution < -0.4 is 0 Å². The molecule has 0 amide bonds. The van der Waals surface area contributed by atoms with Gasteiger partial charge in [0, 0.05) is 11.5 Å². The zero-order chi connectivity index (χ0) is 8.97. The van der Waals surface area contributed by atoms with E-state index in [-0.39, 0.29) is 11.9 Å². The van der Waals surface area contributed by atoms with Crippen molar-refractivity contribution < 1.29 is 9.53 Å². The van der Waals surface area contributed by atoms with Crippen molar-refractivity contribution in [3.63, 3.8) is 0 Å². The van der Waals surface area contributed by atoms with Gasteiger partial charge in [0.25, 0.3) is 0 Å². The molecule has 1 unspecified atom stereocenters. The molecule has 0 radical (unpaired) electrons. The minimum Gasteiger partial charge on any atom is -0.368 e. The van der Waals surface area contributed by atoms with Gasteiger partial charge in [-0.25, -0.2) is 0 Å². The highest BCUT2D eigenvalue weighted by molar-refractivity contribution is 7.99. The quantitative estimate of drug-likeness (QED) is 0.613. The van der Waals surface area contributed by atoms with Crippen molar-refractivity contribution in [1.82, 2.24) is 0 Å². The van der Waals surface area contributed by atoms with Crippen molar-refractivity contribution in [1.29, 1.82) is 0 Å². The van der Waals surface area contributed by atoms with E-state index in [1.807, 2.05) is 13.8 Å². The van der Waals surface area contributed by atoms with Crippen molar-refractivity contribution in [3.8, 4) is 0 Å². The van der Waals surface area contributed by atoms with E-state index < -0.39 is 0 Å². The lowest BCUT2D eigenvalue weighted by atomic mass is 10.2. The zero-order valence-corrected chi connectivity index (χ0v) is 8.32. The third-order valence-corrected chi connectivity index (χ3v) is 2.56. The number of rotatable bonds is 2. The highest BCUT2D eigenvalue weighted by Gasteiger charge is 2.19. The van der Waals surface area contributed by atoms with E-state index in [4.69, 9.17) is 4.74 Å². The van der Waals surface area contributed by atoms with Gasteiger partial charge in [0.2, 0.25) is 0 Å². The minimum atomic E-state index is -0.196.